The maximum atomic E-state index is 12.9. The normalized spacial score (nSPS) is 10.3. The Morgan fingerprint density at radius 1 is 1.07 bits per heavy atom. The number of halogens is 2. The molecule has 0 saturated heterocycles. The molecule has 0 amide bonds. The number of nitrogens with two attached hydrogens (primary N) is 1. The van der Waals surface area contributed by atoms with Crippen LogP contribution in [-0.4, -0.2) is 15.2 Å². The van der Waals surface area contributed by atoms with Crippen LogP contribution in [-0.2, 0) is 0 Å². The standard InChI is InChI=1S/C9H6F2N4/c10-6-1-5(2-7(11)3-6)8-4-13-15-9(12)14-8/h1-4H,(H2,12,14,15). The van der Waals surface area contributed by atoms with Crippen molar-refractivity contribution in [3.8, 4) is 11.3 Å². The first-order valence-corrected chi connectivity index (χ1v) is 4.07. The molecular weight excluding hydrogens is 202 g/mol. The highest BCUT2D eigenvalue weighted by Gasteiger charge is 2.05. The van der Waals surface area contributed by atoms with E-state index in [-0.39, 0.29) is 17.2 Å². The third-order valence-corrected chi connectivity index (χ3v) is 1.73. The molecular formula is C9H6F2N4. The molecule has 15 heavy (non-hydrogen) atoms. The van der Waals surface area contributed by atoms with Crippen LogP contribution in [0, 0.1) is 11.6 Å². The first kappa shape index (κ1) is 9.45. The Bertz CT molecular complexity index is 481. The van der Waals surface area contributed by atoms with Crippen LogP contribution in [0.5, 0.6) is 0 Å². The number of nitrogen functional groups attached to an aromatic ring is 1. The third kappa shape index (κ3) is 2.04. The molecule has 0 atom stereocenters. The van der Waals surface area contributed by atoms with Crippen LogP contribution in [0.1, 0.15) is 0 Å². The van der Waals surface area contributed by atoms with Crippen LogP contribution >= 0.6 is 0 Å². The zero-order chi connectivity index (χ0) is 10.8. The largest absolute Gasteiger partial charge is 0.366 e. The Balaban J connectivity index is 2.54. The lowest BCUT2D eigenvalue weighted by Crippen LogP contribution is -1.98. The third-order valence-electron chi connectivity index (χ3n) is 1.73. The summed E-state index contributed by atoms with van der Waals surface area (Å²) in [6.07, 6.45) is 1.28. The molecule has 0 radical (unpaired) electrons. The Labute approximate surface area is 83.8 Å². The molecule has 1 heterocycles. The average molecular weight is 208 g/mol. The number of hydrogen-bond acceptors (Lipinski definition) is 4. The molecule has 2 aromatic rings. The van der Waals surface area contributed by atoms with Gasteiger partial charge in [0, 0.05) is 11.6 Å². The van der Waals surface area contributed by atoms with Crippen molar-refractivity contribution in [3.05, 3.63) is 36.0 Å². The molecule has 0 aliphatic rings. The van der Waals surface area contributed by atoms with Gasteiger partial charge in [0.15, 0.2) is 0 Å². The van der Waals surface area contributed by atoms with Gasteiger partial charge in [-0.3, -0.25) is 0 Å². The molecule has 0 bridgehead atoms. The van der Waals surface area contributed by atoms with Gasteiger partial charge in [-0.1, -0.05) is 0 Å². The summed E-state index contributed by atoms with van der Waals surface area (Å²) in [5.74, 6) is -1.40. The molecule has 4 nitrogen and oxygen atoms in total. The number of nitrogens with zero attached hydrogens (tertiary/aromatic N) is 3. The van der Waals surface area contributed by atoms with Crippen molar-refractivity contribution in [2.75, 3.05) is 5.73 Å². The molecule has 0 fully saturated rings. The van der Waals surface area contributed by atoms with Gasteiger partial charge in [0.05, 0.1) is 11.9 Å². The Morgan fingerprint density at radius 3 is 2.33 bits per heavy atom. The average Bonchev–Trinajstić information content (AvgIpc) is 2.16. The quantitative estimate of drug-likeness (QED) is 0.769. The highest BCUT2D eigenvalue weighted by Crippen LogP contribution is 2.18. The Hall–Kier alpha value is -2.11. The van der Waals surface area contributed by atoms with E-state index in [1.807, 2.05) is 0 Å². The van der Waals surface area contributed by atoms with Gasteiger partial charge in [-0.2, -0.15) is 5.10 Å². The minimum Gasteiger partial charge on any atom is -0.366 e. The molecule has 1 aromatic carbocycles. The topological polar surface area (TPSA) is 64.7 Å². The van der Waals surface area contributed by atoms with Crippen LogP contribution in [0.15, 0.2) is 24.4 Å². The second kappa shape index (κ2) is 3.56. The molecule has 0 spiro atoms. The minimum absolute atomic E-state index is 0.0443. The summed E-state index contributed by atoms with van der Waals surface area (Å²) in [7, 11) is 0. The molecule has 0 aliphatic carbocycles. The van der Waals surface area contributed by atoms with E-state index in [0.717, 1.165) is 18.2 Å². The summed E-state index contributed by atoms with van der Waals surface area (Å²) in [6.45, 7) is 0. The SMILES string of the molecule is Nc1nncc(-c2cc(F)cc(F)c2)n1. The molecule has 0 aliphatic heterocycles. The van der Waals surface area contributed by atoms with Gasteiger partial charge in [-0.05, 0) is 12.1 Å². The summed E-state index contributed by atoms with van der Waals surface area (Å²) in [5.41, 5.74) is 5.85. The Morgan fingerprint density at radius 2 is 1.73 bits per heavy atom. The van der Waals surface area contributed by atoms with E-state index in [9.17, 15) is 8.78 Å². The summed E-state index contributed by atoms with van der Waals surface area (Å²) in [4.78, 5) is 3.80. The predicted octanol–water partition coefficient (Wildman–Crippen LogP) is 1.40. The fraction of sp³-hybridized carbons (Fsp3) is 0. The van der Waals surface area contributed by atoms with Gasteiger partial charge < -0.3 is 5.73 Å². The maximum Gasteiger partial charge on any atom is 0.240 e. The number of aromatic nitrogens is 3. The zero-order valence-electron chi connectivity index (χ0n) is 7.48. The number of hydrogen-bond donors (Lipinski definition) is 1. The Kier molecular flexibility index (Phi) is 2.24. The second-order valence-electron chi connectivity index (χ2n) is 2.86. The minimum atomic E-state index is -0.679. The van der Waals surface area contributed by atoms with Gasteiger partial charge in [0.25, 0.3) is 0 Å². The first-order valence-electron chi connectivity index (χ1n) is 4.07. The van der Waals surface area contributed by atoms with E-state index in [0.29, 0.717) is 0 Å². The smallest absolute Gasteiger partial charge is 0.240 e. The summed E-state index contributed by atoms with van der Waals surface area (Å²) in [5, 5.41) is 6.98. The number of rotatable bonds is 1. The van der Waals surface area contributed by atoms with Gasteiger partial charge >= 0.3 is 0 Å². The molecule has 6 heteroatoms. The first-order chi connectivity index (χ1) is 7.15. The zero-order valence-corrected chi connectivity index (χ0v) is 7.48. The van der Waals surface area contributed by atoms with Crippen LogP contribution in [0.3, 0.4) is 0 Å². The molecule has 0 unspecified atom stereocenters. The van der Waals surface area contributed by atoms with Gasteiger partial charge in [0.2, 0.25) is 5.95 Å². The fourth-order valence-electron chi connectivity index (χ4n) is 1.16. The van der Waals surface area contributed by atoms with E-state index in [2.05, 4.69) is 15.2 Å². The molecule has 2 rings (SSSR count). The fourth-order valence-corrected chi connectivity index (χ4v) is 1.16. The van der Waals surface area contributed by atoms with E-state index in [1.54, 1.807) is 0 Å². The van der Waals surface area contributed by atoms with Gasteiger partial charge in [-0.15, -0.1) is 5.10 Å². The van der Waals surface area contributed by atoms with Crippen molar-refractivity contribution in [3.63, 3.8) is 0 Å². The van der Waals surface area contributed by atoms with Crippen LogP contribution in [0.25, 0.3) is 11.3 Å². The second-order valence-corrected chi connectivity index (χ2v) is 2.86. The molecule has 1 aromatic heterocycles. The summed E-state index contributed by atoms with van der Waals surface area (Å²) in [6, 6.07) is 3.07. The van der Waals surface area contributed by atoms with E-state index < -0.39 is 11.6 Å². The van der Waals surface area contributed by atoms with Crippen LogP contribution in [0.4, 0.5) is 14.7 Å². The number of benzene rings is 1. The van der Waals surface area contributed by atoms with Crippen molar-refractivity contribution in [2.45, 2.75) is 0 Å². The highest BCUT2D eigenvalue weighted by molar-refractivity contribution is 5.58. The van der Waals surface area contributed by atoms with Crippen molar-refractivity contribution in [1.82, 2.24) is 15.2 Å². The van der Waals surface area contributed by atoms with Crippen LogP contribution < -0.4 is 5.73 Å². The summed E-state index contributed by atoms with van der Waals surface area (Å²) >= 11 is 0. The van der Waals surface area contributed by atoms with Gasteiger partial charge in [0.1, 0.15) is 11.6 Å². The number of anilines is 1. The van der Waals surface area contributed by atoms with E-state index >= 15 is 0 Å². The summed E-state index contributed by atoms with van der Waals surface area (Å²) < 4.78 is 25.8. The maximum absolute atomic E-state index is 12.9. The van der Waals surface area contributed by atoms with E-state index in [4.69, 9.17) is 5.73 Å². The van der Waals surface area contributed by atoms with Gasteiger partial charge in [-0.25, -0.2) is 13.8 Å². The monoisotopic (exact) mass is 208 g/mol. The van der Waals surface area contributed by atoms with Crippen molar-refractivity contribution < 1.29 is 8.78 Å². The lowest BCUT2D eigenvalue weighted by molar-refractivity contribution is 0.584. The molecule has 0 saturated carbocycles. The predicted molar refractivity (Wildman–Crippen MR) is 49.6 cm³/mol. The van der Waals surface area contributed by atoms with E-state index in [1.165, 1.54) is 6.20 Å². The molecule has 2 N–H and O–H groups in total. The van der Waals surface area contributed by atoms with Crippen LogP contribution in [0.2, 0.25) is 0 Å². The lowest BCUT2D eigenvalue weighted by Gasteiger charge is -2.00. The molecule has 76 valence electrons. The van der Waals surface area contributed by atoms with Crippen molar-refractivity contribution >= 4 is 5.95 Å². The highest BCUT2D eigenvalue weighted by atomic mass is 19.1. The van der Waals surface area contributed by atoms with Crippen molar-refractivity contribution in [1.29, 1.82) is 0 Å². The van der Waals surface area contributed by atoms with Crippen molar-refractivity contribution in [2.24, 2.45) is 0 Å². The lowest BCUT2D eigenvalue weighted by atomic mass is 10.1.